The summed E-state index contributed by atoms with van der Waals surface area (Å²) in [5, 5.41) is 29.7. The number of nitrogens with zero attached hydrogens (tertiary/aromatic N) is 2. The first-order valence-corrected chi connectivity index (χ1v) is 9.63. The standard InChI is InChI=1S/C24H18N4O4/c29-18-12-11-17(19(30)13-18)14-25-27-23(31)21-20(15-7-3-1-4-8-15)22(26-28-24(21)32)16-9-5-2-6-10-16/h1-14,29-30H,(H,27,31)(H,28,32)/b25-14+. The van der Waals surface area contributed by atoms with Gasteiger partial charge in [-0.2, -0.15) is 10.2 Å². The van der Waals surface area contributed by atoms with Crippen molar-refractivity contribution in [2.45, 2.75) is 0 Å². The highest BCUT2D eigenvalue weighted by Crippen LogP contribution is 2.31. The lowest BCUT2D eigenvalue weighted by atomic mass is 9.95. The summed E-state index contributed by atoms with van der Waals surface area (Å²) in [4.78, 5) is 25.7. The number of H-pyrrole nitrogens is 1. The summed E-state index contributed by atoms with van der Waals surface area (Å²) in [6, 6.07) is 22.2. The molecule has 0 saturated heterocycles. The minimum atomic E-state index is -0.737. The highest BCUT2D eigenvalue weighted by Gasteiger charge is 2.22. The summed E-state index contributed by atoms with van der Waals surface area (Å²) in [6.07, 6.45) is 1.21. The van der Waals surface area contributed by atoms with Crippen molar-refractivity contribution in [3.63, 3.8) is 0 Å². The summed E-state index contributed by atoms with van der Waals surface area (Å²) in [5.74, 6) is -1.05. The van der Waals surface area contributed by atoms with Crippen LogP contribution in [-0.4, -0.2) is 32.5 Å². The van der Waals surface area contributed by atoms with Crippen molar-refractivity contribution in [2.75, 3.05) is 0 Å². The van der Waals surface area contributed by atoms with E-state index >= 15 is 0 Å². The van der Waals surface area contributed by atoms with Crippen LogP contribution in [0, 0.1) is 0 Å². The number of hydrazone groups is 1. The number of hydrogen-bond donors (Lipinski definition) is 4. The number of rotatable bonds is 5. The van der Waals surface area contributed by atoms with Gasteiger partial charge in [-0.3, -0.25) is 9.59 Å². The van der Waals surface area contributed by atoms with Gasteiger partial charge >= 0.3 is 0 Å². The van der Waals surface area contributed by atoms with E-state index in [1.165, 1.54) is 18.3 Å². The molecule has 0 fully saturated rings. The fourth-order valence-electron chi connectivity index (χ4n) is 3.22. The van der Waals surface area contributed by atoms with Gasteiger partial charge in [0, 0.05) is 22.8 Å². The molecular weight excluding hydrogens is 408 g/mol. The molecule has 0 spiro atoms. The van der Waals surface area contributed by atoms with E-state index in [0.717, 1.165) is 11.6 Å². The Balaban J connectivity index is 1.77. The highest BCUT2D eigenvalue weighted by atomic mass is 16.3. The van der Waals surface area contributed by atoms with Gasteiger partial charge in [0.1, 0.15) is 17.1 Å². The lowest BCUT2D eigenvalue weighted by Gasteiger charge is -2.12. The van der Waals surface area contributed by atoms with Gasteiger partial charge in [0.15, 0.2) is 0 Å². The average Bonchev–Trinajstić information content (AvgIpc) is 2.81. The molecule has 1 heterocycles. The third kappa shape index (κ3) is 4.24. The van der Waals surface area contributed by atoms with E-state index in [9.17, 15) is 19.8 Å². The number of phenolic OH excluding ortho intramolecular Hbond substituents is 2. The smallest absolute Gasteiger partial charge is 0.277 e. The van der Waals surface area contributed by atoms with E-state index in [1.54, 1.807) is 24.3 Å². The Bertz CT molecular complexity index is 1350. The largest absolute Gasteiger partial charge is 0.508 e. The minimum absolute atomic E-state index is 0.104. The Morgan fingerprint density at radius 2 is 1.59 bits per heavy atom. The molecule has 1 aromatic heterocycles. The van der Waals surface area contributed by atoms with Crippen LogP contribution in [0.4, 0.5) is 0 Å². The molecule has 0 saturated carbocycles. The predicted octanol–water partition coefficient (Wildman–Crippen LogP) is 3.28. The highest BCUT2D eigenvalue weighted by molar-refractivity contribution is 6.03. The molecule has 0 aliphatic carbocycles. The second-order valence-electron chi connectivity index (χ2n) is 6.83. The topological polar surface area (TPSA) is 128 Å². The molecule has 0 radical (unpaired) electrons. The van der Waals surface area contributed by atoms with Crippen molar-refractivity contribution in [1.82, 2.24) is 15.6 Å². The summed E-state index contributed by atoms with van der Waals surface area (Å²) < 4.78 is 0. The number of carbonyl (C=O) groups is 1. The van der Waals surface area contributed by atoms with Crippen LogP contribution in [0.2, 0.25) is 0 Å². The van der Waals surface area contributed by atoms with E-state index in [0.29, 0.717) is 16.8 Å². The molecule has 158 valence electrons. The molecule has 4 N–H and O–H groups in total. The number of nitrogens with one attached hydrogen (secondary N) is 2. The zero-order valence-corrected chi connectivity index (χ0v) is 16.7. The number of aromatic hydroxyl groups is 2. The van der Waals surface area contributed by atoms with E-state index < -0.39 is 11.5 Å². The van der Waals surface area contributed by atoms with Crippen LogP contribution in [-0.2, 0) is 0 Å². The van der Waals surface area contributed by atoms with E-state index in [4.69, 9.17) is 0 Å². The van der Waals surface area contributed by atoms with Crippen molar-refractivity contribution in [1.29, 1.82) is 0 Å². The van der Waals surface area contributed by atoms with Gasteiger partial charge in [0.05, 0.1) is 11.9 Å². The molecule has 0 aliphatic rings. The molecule has 0 bridgehead atoms. The maximum atomic E-state index is 13.0. The SMILES string of the molecule is O=C(N/N=C/c1ccc(O)cc1O)c1c(-c2ccccc2)c(-c2ccccc2)n[nH]c1=O. The van der Waals surface area contributed by atoms with Crippen LogP contribution in [0.1, 0.15) is 15.9 Å². The number of amides is 1. The second-order valence-corrected chi connectivity index (χ2v) is 6.83. The molecule has 3 aromatic carbocycles. The molecule has 32 heavy (non-hydrogen) atoms. The van der Waals surface area contributed by atoms with Gasteiger partial charge in [0.25, 0.3) is 11.5 Å². The van der Waals surface area contributed by atoms with Crippen molar-refractivity contribution in [2.24, 2.45) is 5.10 Å². The van der Waals surface area contributed by atoms with E-state index in [1.807, 2.05) is 36.4 Å². The number of aromatic nitrogens is 2. The van der Waals surface area contributed by atoms with Gasteiger partial charge in [-0.05, 0) is 17.7 Å². The molecule has 4 aromatic rings. The lowest BCUT2D eigenvalue weighted by Crippen LogP contribution is -2.28. The number of phenols is 2. The molecule has 0 atom stereocenters. The number of hydrogen-bond acceptors (Lipinski definition) is 6. The summed E-state index contributed by atoms with van der Waals surface area (Å²) in [6.45, 7) is 0. The van der Waals surface area contributed by atoms with Crippen LogP contribution in [0.5, 0.6) is 11.5 Å². The second kappa shape index (κ2) is 8.97. The first kappa shape index (κ1) is 20.5. The average molecular weight is 426 g/mol. The number of aromatic amines is 1. The third-order valence-electron chi connectivity index (χ3n) is 4.70. The molecule has 0 unspecified atom stereocenters. The summed E-state index contributed by atoms with van der Waals surface area (Å²) >= 11 is 0. The Labute approximate surface area is 182 Å². The zero-order valence-electron chi connectivity index (χ0n) is 16.7. The molecular formula is C24H18N4O4. The van der Waals surface area contributed by atoms with Crippen molar-refractivity contribution in [3.8, 4) is 33.9 Å². The van der Waals surface area contributed by atoms with E-state index in [-0.39, 0.29) is 22.6 Å². The fourth-order valence-corrected chi connectivity index (χ4v) is 3.22. The Morgan fingerprint density at radius 3 is 2.25 bits per heavy atom. The quantitative estimate of drug-likeness (QED) is 0.288. The molecule has 4 rings (SSSR count). The Hall–Kier alpha value is -4.72. The van der Waals surface area contributed by atoms with Crippen LogP contribution in [0.3, 0.4) is 0 Å². The van der Waals surface area contributed by atoms with Crippen LogP contribution in [0.25, 0.3) is 22.4 Å². The van der Waals surface area contributed by atoms with Crippen molar-refractivity contribution in [3.05, 3.63) is 100 Å². The molecule has 1 amide bonds. The summed E-state index contributed by atoms with van der Waals surface area (Å²) in [7, 11) is 0. The van der Waals surface area contributed by atoms with Gasteiger partial charge < -0.3 is 10.2 Å². The number of carbonyl (C=O) groups excluding carboxylic acids is 1. The van der Waals surface area contributed by atoms with Crippen LogP contribution < -0.4 is 11.0 Å². The fraction of sp³-hybridized carbons (Fsp3) is 0. The van der Waals surface area contributed by atoms with Crippen molar-refractivity contribution < 1.29 is 15.0 Å². The number of benzene rings is 3. The lowest BCUT2D eigenvalue weighted by molar-refractivity contribution is 0.0954. The predicted molar refractivity (Wildman–Crippen MR) is 121 cm³/mol. The van der Waals surface area contributed by atoms with Gasteiger partial charge in [-0.1, -0.05) is 60.7 Å². The summed E-state index contributed by atoms with van der Waals surface area (Å²) in [5.41, 5.74) is 4.00. The van der Waals surface area contributed by atoms with Gasteiger partial charge in [0.2, 0.25) is 0 Å². The molecule has 0 aliphatic heterocycles. The molecule has 8 nitrogen and oxygen atoms in total. The zero-order chi connectivity index (χ0) is 22.5. The maximum Gasteiger partial charge on any atom is 0.277 e. The maximum absolute atomic E-state index is 13.0. The molecule has 8 heteroatoms. The van der Waals surface area contributed by atoms with Gasteiger partial charge in [-0.25, -0.2) is 10.5 Å². The third-order valence-corrected chi connectivity index (χ3v) is 4.70. The van der Waals surface area contributed by atoms with E-state index in [2.05, 4.69) is 20.7 Å². The van der Waals surface area contributed by atoms with Crippen LogP contribution in [0.15, 0.2) is 88.8 Å². The Kier molecular flexibility index (Phi) is 5.76. The monoisotopic (exact) mass is 426 g/mol. The first-order valence-electron chi connectivity index (χ1n) is 9.63. The normalized spacial score (nSPS) is 10.9. The van der Waals surface area contributed by atoms with Gasteiger partial charge in [-0.15, -0.1) is 0 Å². The van der Waals surface area contributed by atoms with Crippen molar-refractivity contribution >= 4 is 12.1 Å². The minimum Gasteiger partial charge on any atom is -0.508 e. The Morgan fingerprint density at radius 1 is 0.938 bits per heavy atom. The van der Waals surface area contributed by atoms with Crippen LogP contribution >= 0.6 is 0 Å². The first-order chi connectivity index (χ1) is 15.5.